The van der Waals surface area contributed by atoms with Crippen molar-refractivity contribution in [1.82, 2.24) is 14.9 Å². The van der Waals surface area contributed by atoms with Crippen LogP contribution in [0.3, 0.4) is 0 Å². The number of hydrogen-bond acceptors (Lipinski definition) is 4. The summed E-state index contributed by atoms with van der Waals surface area (Å²) in [6.45, 7) is -0.386. The Morgan fingerprint density at radius 2 is 1.71 bits per heavy atom. The van der Waals surface area contributed by atoms with Crippen molar-refractivity contribution in [2.75, 3.05) is 18.9 Å². The Labute approximate surface area is 180 Å². The Morgan fingerprint density at radius 1 is 1.06 bits per heavy atom. The van der Waals surface area contributed by atoms with Crippen LogP contribution in [0.15, 0.2) is 60.9 Å². The molecule has 2 amide bonds. The van der Waals surface area contributed by atoms with Gasteiger partial charge in [-0.05, 0) is 18.2 Å². The largest absolute Gasteiger partial charge is 0.417 e. The summed E-state index contributed by atoms with van der Waals surface area (Å²) in [6, 6.07) is 12.2. The highest BCUT2D eigenvalue weighted by atomic mass is 35.5. The van der Waals surface area contributed by atoms with Crippen LogP contribution < -0.4 is 5.32 Å². The number of anilines is 1. The van der Waals surface area contributed by atoms with Gasteiger partial charge in [-0.15, -0.1) is 0 Å². The van der Waals surface area contributed by atoms with Gasteiger partial charge in [-0.3, -0.25) is 9.59 Å². The fourth-order valence-corrected chi connectivity index (χ4v) is 2.93. The van der Waals surface area contributed by atoms with Crippen molar-refractivity contribution < 1.29 is 22.8 Å². The minimum Gasteiger partial charge on any atom is -0.332 e. The molecule has 0 bridgehead atoms. The van der Waals surface area contributed by atoms with Crippen molar-refractivity contribution >= 4 is 29.1 Å². The fraction of sp³-hybridized carbons (Fsp3) is 0.143. The summed E-state index contributed by atoms with van der Waals surface area (Å²) in [5.41, 5.74) is -0.193. The second kappa shape index (κ2) is 9.13. The zero-order chi connectivity index (χ0) is 22.6. The number of rotatable bonds is 5. The Morgan fingerprint density at radius 3 is 2.32 bits per heavy atom. The van der Waals surface area contributed by atoms with Crippen LogP contribution in [0.4, 0.5) is 18.9 Å². The summed E-state index contributed by atoms with van der Waals surface area (Å²) >= 11 is 5.56. The summed E-state index contributed by atoms with van der Waals surface area (Å²) in [5.74, 6) is -0.740. The van der Waals surface area contributed by atoms with Crippen LogP contribution in [0.25, 0.3) is 11.4 Å². The summed E-state index contributed by atoms with van der Waals surface area (Å²) in [5, 5.41) is 1.85. The number of likely N-dealkylation sites (N-methyl/N-ethyl adjacent to an activating group) is 1. The molecule has 10 heteroatoms. The SMILES string of the molecule is CN(CC(=O)Nc1ccc(Cl)c(C(F)(F)F)c1)C(=O)c1cnc(-c2ccccc2)nc1. The third-order valence-electron chi connectivity index (χ3n) is 4.21. The molecule has 0 aliphatic heterocycles. The van der Waals surface area contributed by atoms with Gasteiger partial charge in [0.05, 0.1) is 22.7 Å². The predicted octanol–water partition coefficient (Wildman–Crippen LogP) is 4.53. The number of nitrogens with zero attached hydrogens (tertiary/aromatic N) is 3. The highest BCUT2D eigenvalue weighted by molar-refractivity contribution is 6.31. The van der Waals surface area contributed by atoms with E-state index in [0.29, 0.717) is 5.82 Å². The Hall–Kier alpha value is -3.46. The van der Waals surface area contributed by atoms with E-state index in [1.807, 2.05) is 30.3 Å². The van der Waals surface area contributed by atoms with Crippen molar-refractivity contribution in [2.24, 2.45) is 0 Å². The topological polar surface area (TPSA) is 75.2 Å². The second-order valence-electron chi connectivity index (χ2n) is 6.56. The van der Waals surface area contributed by atoms with Gasteiger partial charge in [-0.25, -0.2) is 9.97 Å². The maximum Gasteiger partial charge on any atom is 0.417 e. The number of aromatic nitrogens is 2. The number of nitrogens with one attached hydrogen (secondary N) is 1. The maximum absolute atomic E-state index is 12.9. The lowest BCUT2D eigenvalue weighted by atomic mass is 10.2. The first-order chi connectivity index (χ1) is 14.6. The summed E-state index contributed by atoms with van der Waals surface area (Å²) in [7, 11) is 1.38. The number of hydrogen-bond donors (Lipinski definition) is 1. The van der Waals surface area contributed by atoms with Crippen molar-refractivity contribution in [3.63, 3.8) is 0 Å². The van der Waals surface area contributed by atoms with E-state index < -0.39 is 28.6 Å². The van der Waals surface area contributed by atoms with E-state index in [2.05, 4.69) is 15.3 Å². The highest BCUT2D eigenvalue weighted by Gasteiger charge is 2.33. The van der Waals surface area contributed by atoms with Crippen LogP contribution in [0.1, 0.15) is 15.9 Å². The molecule has 1 aromatic heterocycles. The number of carbonyl (C=O) groups excluding carboxylic acids is 2. The molecule has 0 radical (unpaired) electrons. The van der Waals surface area contributed by atoms with Crippen LogP contribution in [-0.2, 0) is 11.0 Å². The average Bonchev–Trinajstić information content (AvgIpc) is 2.74. The van der Waals surface area contributed by atoms with E-state index in [9.17, 15) is 22.8 Å². The lowest BCUT2D eigenvalue weighted by Crippen LogP contribution is -2.35. The molecule has 160 valence electrons. The van der Waals surface area contributed by atoms with Crippen LogP contribution in [0, 0.1) is 0 Å². The molecule has 0 fully saturated rings. The molecule has 0 atom stereocenters. The van der Waals surface area contributed by atoms with Crippen LogP contribution in [0.2, 0.25) is 5.02 Å². The first kappa shape index (κ1) is 22.2. The summed E-state index contributed by atoms with van der Waals surface area (Å²) in [6.07, 6.45) is -1.96. The van der Waals surface area contributed by atoms with Crippen molar-refractivity contribution in [3.8, 4) is 11.4 Å². The molecule has 2 aromatic carbocycles. The normalized spacial score (nSPS) is 11.1. The molecule has 0 aliphatic carbocycles. The maximum atomic E-state index is 12.9. The summed E-state index contributed by atoms with van der Waals surface area (Å²) in [4.78, 5) is 34.1. The minimum absolute atomic E-state index is 0.0851. The zero-order valence-electron chi connectivity index (χ0n) is 16.2. The first-order valence-electron chi connectivity index (χ1n) is 8.94. The fourth-order valence-electron chi connectivity index (χ4n) is 2.70. The van der Waals surface area contributed by atoms with Gasteiger partial charge in [0.15, 0.2) is 5.82 Å². The van der Waals surface area contributed by atoms with E-state index in [1.54, 1.807) is 0 Å². The van der Waals surface area contributed by atoms with Crippen molar-refractivity contribution in [1.29, 1.82) is 0 Å². The predicted molar refractivity (Wildman–Crippen MR) is 110 cm³/mol. The van der Waals surface area contributed by atoms with Gasteiger partial charge in [0.2, 0.25) is 5.91 Å². The average molecular weight is 449 g/mol. The van der Waals surface area contributed by atoms with Crippen molar-refractivity contribution in [3.05, 3.63) is 77.1 Å². The zero-order valence-corrected chi connectivity index (χ0v) is 16.9. The molecule has 31 heavy (non-hydrogen) atoms. The second-order valence-corrected chi connectivity index (χ2v) is 6.97. The molecule has 3 aromatic rings. The molecular weight excluding hydrogens is 433 g/mol. The smallest absolute Gasteiger partial charge is 0.332 e. The molecule has 6 nitrogen and oxygen atoms in total. The monoisotopic (exact) mass is 448 g/mol. The number of alkyl halides is 3. The molecule has 1 N–H and O–H groups in total. The molecule has 0 aliphatic rings. The summed E-state index contributed by atoms with van der Waals surface area (Å²) < 4.78 is 38.8. The standard InChI is InChI=1S/C21H16ClF3N4O2/c1-29(12-18(30)28-15-7-8-17(22)16(9-15)21(23,24)25)20(31)14-10-26-19(27-11-14)13-5-3-2-4-6-13/h2-11H,12H2,1H3,(H,28,30). The number of amides is 2. The third-order valence-corrected chi connectivity index (χ3v) is 4.54. The van der Waals surface area contributed by atoms with Gasteiger partial charge in [0.1, 0.15) is 0 Å². The van der Waals surface area contributed by atoms with Crippen LogP contribution in [0.5, 0.6) is 0 Å². The number of benzene rings is 2. The van der Waals surface area contributed by atoms with Crippen molar-refractivity contribution in [2.45, 2.75) is 6.18 Å². The lowest BCUT2D eigenvalue weighted by molar-refractivity contribution is -0.137. The van der Waals surface area contributed by atoms with Crippen LogP contribution in [-0.4, -0.2) is 40.3 Å². The molecule has 0 unspecified atom stereocenters. The molecule has 0 saturated carbocycles. The van der Waals surface area contributed by atoms with Gasteiger partial charge in [0.25, 0.3) is 5.91 Å². The van der Waals surface area contributed by atoms with E-state index in [-0.39, 0.29) is 17.8 Å². The number of carbonyl (C=O) groups is 2. The highest BCUT2D eigenvalue weighted by Crippen LogP contribution is 2.36. The number of halogens is 4. The quantitative estimate of drug-likeness (QED) is 0.622. The van der Waals surface area contributed by atoms with Gasteiger partial charge < -0.3 is 10.2 Å². The molecule has 0 saturated heterocycles. The Kier molecular flexibility index (Phi) is 6.55. The molecule has 1 heterocycles. The molecule has 0 spiro atoms. The van der Waals surface area contributed by atoms with E-state index in [1.165, 1.54) is 25.5 Å². The van der Waals surface area contributed by atoms with E-state index in [4.69, 9.17) is 11.6 Å². The minimum atomic E-state index is -4.66. The molecular formula is C21H16ClF3N4O2. The molecule has 3 rings (SSSR count). The third kappa shape index (κ3) is 5.58. The van der Waals surface area contributed by atoms with Gasteiger partial charge in [-0.2, -0.15) is 13.2 Å². The van der Waals surface area contributed by atoms with Gasteiger partial charge in [0, 0.05) is 30.7 Å². The van der Waals surface area contributed by atoms with Crippen LogP contribution >= 0.6 is 11.6 Å². The Bertz CT molecular complexity index is 1090. The lowest BCUT2D eigenvalue weighted by Gasteiger charge is -2.17. The van der Waals surface area contributed by atoms with Gasteiger partial charge in [-0.1, -0.05) is 41.9 Å². The van der Waals surface area contributed by atoms with E-state index in [0.717, 1.165) is 22.6 Å². The van der Waals surface area contributed by atoms with Gasteiger partial charge >= 0.3 is 6.18 Å². The first-order valence-corrected chi connectivity index (χ1v) is 9.32. The Balaban J connectivity index is 1.64. The van der Waals surface area contributed by atoms with E-state index >= 15 is 0 Å².